The molecule has 5 atom stereocenters. The summed E-state index contributed by atoms with van der Waals surface area (Å²) in [6.45, 7) is 20.3. The van der Waals surface area contributed by atoms with Gasteiger partial charge in [0.25, 0.3) is 14.7 Å². The number of hydrogen-bond acceptors (Lipinski definition) is 12. The number of aromatic hydroxyl groups is 2. The number of phenols is 2. The van der Waals surface area contributed by atoms with Crippen molar-refractivity contribution >= 4 is 73.2 Å². The number of benzene rings is 10. The maximum atomic E-state index is 14.2. The molecule has 2 radical (unpaired) electrons. The summed E-state index contributed by atoms with van der Waals surface area (Å²) in [6, 6.07) is 70.2. The van der Waals surface area contributed by atoms with Crippen LogP contribution in [0.15, 0.2) is 235 Å². The van der Waals surface area contributed by atoms with Crippen LogP contribution in [0.25, 0.3) is 54.8 Å². The summed E-state index contributed by atoms with van der Waals surface area (Å²) in [5.41, 5.74) is 24.6. The maximum Gasteiger partial charge on any atom is 0.597 e. The van der Waals surface area contributed by atoms with Crippen LogP contribution in [-0.2, 0) is 83.9 Å². The number of anilines is 1. The van der Waals surface area contributed by atoms with Crippen molar-refractivity contribution in [2.24, 2.45) is 0 Å². The van der Waals surface area contributed by atoms with Crippen molar-refractivity contribution in [2.75, 3.05) is 12.5 Å². The SMILES string of the molecule is C=O.CC.CC.CC.Cc1cc(C)c(N)c(C)c1.O=Cc1ccccc1O.O=P1(C2[N-]COc3ccccc32)Oc2ccccc2-c2ccccc21.O=[p+]1oc2ccccc2c2ccccc21.[CH3-].[CH3-].[NH-]C(c1ccccc1O)P1(=O)Oc2ccccc2-c2ccccc21.[Y].[Y]. The molecule has 0 saturated carbocycles. The number of carbonyl (C=O) groups excluding carboxylic acids is 2. The molecule has 14 nitrogen and oxygen atoms in total. The Morgan fingerprint density at radius 1 is 0.568 bits per heavy atom. The summed E-state index contributed by atoms with van der Waals surface area (Å²) in [4.78, 5) is 18.1. The number of para-hydroxylation sites is 6. The van der Waals surface area contributed by atoms with E-state index in [0.717, 1.165) is 60.4 Å². The number of ether oxygens (including phenoxy) is 1. The second kappa shape index (κ2) is 41.0. The van der Waals surface area contributed by atoms with Crippen LogP contribution in [0.4, 0.5) is 5.69 Å². The fourth-order valence-corrected chi connectivity index (χ4v) is 16.1. The standard InChI is InChI=1S/C20H15NO3P.C19H15NO3P.C12H8O2P.C9H13N.C7H6O2.3C2H6.CH2O.2CH3.2Y/c22-25(20-16-9-2-4-10-17(16)23-13-21-20)19-12-6-3-8-15(19)14-7-1-5-11-18(14)24-25;20-19(15-9-1-4-10-16(15)21)24(22)18-12-6-3-8-14(18)13-7-2-5-11-17(13)23-24;13-15-12-8-4-2-6-10(12)9-5-1-3-7-11(9)14-15;1-6-4-7(2)9(10)8(3)5-6;8-5-6-3-1-2-4-7(6)9;4*1-2;;;;/h1-12,20H,13H2;1-12,19-21H;1-8H;4-5H,10H2,1-3H3;1-5,9H;3*1-2H3;1H2;2*1H3;;/q2*-1;+1;;;;;;;2*-1;;. The molecular weight excluding hydrogens is 1400 g/mol. The van der Waals surface area contributed by atoms with Crippen molar-refractivity contribution in [1.29, 1.82) is 0 Å². The third kappa shape index (κ3) is 19.8. The normalized spacial score (nSPS) is 15.2. The minimum Gasteiger partial charge on any atom is -0.661 e. The molecule has 5 N–H and O–H groups in total. The molecule has 95 heavy (non-hydrogen) atoms. The zero-order chi connectivity index (χ0) is 66.3. The smallest absolute Gasteiger partial charge is 0.597 e. The summed E-state index contributed by atoms with van der Waals surface area (Å²) >= 11 is 0. The van der Waals surface area contributed by atoms with Crippen molar-refractivity contribution in [2.45, 2.75) is 73.9 Å². The van der Waals surface area contributed by atoms with Gasteiger partial charge in [0, 0.05) is 99.7 Å². The van der Waals surface area contributed by atoms with Crippen LogP contribution in [0.5, 0.6) is 28.7 Å². The quantitative estimate of drug-likeness (QED) is 0.0491. The Bertz CT molecular complexity index is 4380. The predicted octanol–water partition coefficient (Wildman–Crippen LogP) is 21.7. The van der Waals surface area contributed by atoms with Crippen molar-refractivity contribution in [1.82, 2.24) is 0 Å². The second-order valence-electron chi connectivity index (χ2n) is 19.6. The zero-order valence-electron chi connectivity index (χ0n) is 55.7. The molecular formula is C76H83N3O11P3Y2-3. The Morgan fingerprint density at radius 2 is 1.01 bits per heavy atom. The van der Waals surface area contributed by atoms with Crippen molar-refractivity contribution < 1.29 is 117 Å². The first-order valence-electron chi connectivity index (χ1n) is 29.7. The molecule has 0 aliphatic carbocycles. The Hall–Kier alpha value is -7.17. The predicted molar refractivity (Wildman–Crippen MR) is 387 cm³/mol. The number of aldehydes is 1. The Kier molecular flexibility index (Phi) is 36.3. The van der Waals surface area contributed by atoms with Crippen LogP contribution in [0, 0.1) is 35.6 Å². The molecule has 1 aromatic heterocycles. The monoisotopic (exact) mass is 1480 g/mol. The molecule has 14 rings (SSSR count). The van der Waals surface area contributed by atoms with Gasteiger partial charge < -0.3 is 60.4 Å². The molecule has 0 saturated heterocycles. The van der Waals surface area contributed by atoms with Gasteiger partial charge in [-0.2, -0.15) is 0 Å². The maximum absolute atomic E-state index is 14.2. The number of nitrogens with two attached hydrogens (primary N) is 1. The van der Waals surface area contributed by atoms with E-state index in [9.17, 15) is 23.6 Å². The fourth-order valence-electron chi connectivity index (χ4n) is 10.1. The summed E-state index contributed by atoms with van der Waals surface area (Å²) in [5, 5.41) is 27.5. The van der Waals surface area contributed by atoms with Gasteiger partial charge in [0.05, 0.1) is 16.2 Å². The molecule has 5 unspecified atom stereocenters. The van der Waals surface area contributed by atoms with Gasteiger partial charge in [0.1, 0.15) is 35.5 Å². The summed E-state index contributed by atoms with van der Waals surface area (Å²) in [6.07, 6.45) is 0.620. The molecule has 0 spiro atoms. The first kappa shape index (κ1) is 83.9. The number of nitrogens with zero attached hydrogens (tertiary/aromatic N) is 1. The number of hydrogen-bond donors (Lipinski definition) is 3. The Labute approximate surface area is 611 Å². The summed E-state index contributed by atoms with van der Waals surface area (Å²) < 4.78 is 62.7. The van der Waals surface area contributed by atoms with Gasteiger partial charge in [-0.1, -0.05) is 211 Å². The van der Waals surface area contributed by atoms with E-state index in [2.05, 4.69) is 24.4 Å². The molecule has 11 aromatic rings. The van der Waals surface area contributed by atoms with Crippen molar-refractivity contribution in [3.8, 4) is 51.0 Å². The fraction of sp³-hybridized carbons (Fsp3) is 0.158. The van der Waals surface area contributed by atoms with Gasteiger partial charge in [0.15, 0.2) is 11.9 Å². The second-order valence-corrected chi connectivity index (χ2v) is 25.5. The number of rotatable bonds is 4. The van der Waals surface area contributed by atoms with E-state index >= 15 is 0 Å². The van der Waals surface area contributed by atoms with E-state index < -0.39 is 34.0 Å². The number of nitrogen functional groups attached to an aromatic ring is 1. The van der Waals surface area contributed by atoms with Gasteiger partial charge in [0.2, 0.25) is 5.12 Å². The van der Waals surface area contributed by atoms with Crippen LogP contribution in [0.1, 0.15) is 91.3 Å². The average Bonchev–Trinajstić information content (AvgIpc) is 0.741. The minimum atomic E-state index is -3.57. The number of nitrogens with one attached hydrogen (secondary N) is 1. The summed E-state index contributed by atoms with van der Waals surface area (Å²) in [5.74, 6) is 0.0916. The molecule has 4 heterocycles. The Morgan fingerprint density at radius 3 is 1.58 bits per heavy atom. The zero-order valence-corrected chi connectivity index (χ0v) is 64.0. The van der Waals surface area contributed by atoms with Gasteiger partial charge in [-0.3, -0.25) is 13.9 Å². The van der Waals surface area contributed by atoms with Gasteiger partial charge in [-0.15, -0.1) is 0 Å². The third-order valence-electron chi connectivity index (χ3n) is 14.1. The average molecular weight is 1490 g/mol. The topological polar surface area (TPSA) is 231 Å². The minimum absolute atomic E-state index is 0. The van der Waals surface area contributed by atoms with Crippen LogP contribution < -0.4 is 30.1 Å². The van der Waals surface area contributed by atoms with Gasteiger partial charge >= 0.3 is 7.65 Å². The molecule has 492 valence electrons. The van der Waals surface area contributed by atoms with Crippen LogP contribution >= 0.6 is 22.4 Å². The first-order chi connectivity index (χ1) is 44.2. The molecule has 3 aliphatic rings. The molecule has 19 heteroatoms. The van der Waals surface area contributed by atoms with E-state index in [0.29, 0.717) is 39.8 Å². The van der Waals surface area contributed by atoms with Crippen molar-refractivity contribution in [3.63, 3.8) is 0 Å². The molecule has 0 amide bonds. The van der Waals surface area contributed by atoms with Gasteiger partial charge in [-0.05, 0) is 137 Å². The van der Waals surface area contributed by atoms with Crippen LogP contribution in [0.3, 0.4) is 0 Å². The molecule has 10 aromatic carbocycles. The number of fused-ring (bicyclic) bond motifs is 10. The van der Waals surface area contributed by atoms with E-state index in [4.69, 9.17) is 39.3 Å². The van der Waals surface area contributed by atoms with Crippen LogP contribution in [0.2, 0.25) is 0 Å². The molecule has 3 aliphatic heterocycles. The Balaban J connectivity index is 0.000000407. The third-order valence-corrected chi connectivity index (χ3v) is 20.4. The number of aryl methyl sites for hydroxylation is 3. The van der Waals surface area contributed by atoms with E-state index in [1.165, 1.54) is 28.8 Å². The molecule has 0 fully saturated rings. The number of phenolic OH excluding ortho intramolecular Hbond substituents is 2. The van der Waals surface area contributed by atoms with E-state index in [-0.39, 0.29) is 98.5 Å². The number of carbonyl (C=O) groups is 2. The first-order valence-corrected chi connectivity index (χ1v) is 34.3. The molecule has 0 bridgehead atoms. The van der Waals surface area contributed by atoms with Crippen molar-refractivity contribution in [3.05, 3.63) is 290 Å². The van der Waals surface area contributed by atoms with E-state index in [1.54, 1.807) is 54.6 Å². The largest absolute Gasteiger partial charge is 0.661 e. The van der Waals surface area contributed by atoms with E-state index in [1.807, 2.05) is 214 Å². The summed E-state index contributed by atoms with van der Waals surface area (Å²) in [7, 11) is -8.60. The van der Waals surface area contributed by atoms with Crippen LogP contribution in [-0.4, -0.2) is 30.0 Å². The van der Waals surface area contributed by atoms with Gasteiger partial charge in [-0.25, -0.2) is 4.20 Å².